The van der Waals surface area contributed by atoms with Crippen LogP contribution in [0, 0.1) is 0 Å². The molecule has 0 aliphatic carbocycles. The molecule has 1 aliphatic rings. The Bertz CT molecular complexity index is 425. The second-order valence-electron chi connectivity index (χ2n) is 6.19. The van der Waals surface area contributed by atoms with Gasteiger partial charge in [0, 0.05) is 44.1 Å². The Labute approximate surface area is 132 Å². The van der Waals surface area contributed by atoms with Gasteiger partial charge < -0.3 is 10.2 Å². The van der Waals surface area contributed by atoms with E-state index in [4.69, 9.17) is 0 Å². The SMILES string of the molecule is CC(Cc1cccs1)NC1CCN(CC(=O)N(C)C)CC1. The van der Waals surface area contributed by atoms with E-state index in [9.17, 15) is 4.79 Å². The zero-order valence-electron chi connectivity index (χ0n) is 13.3. The van der Waals surface area contributed by atoms with Gasteiger partial charge in [0.25, 0.3) is 0 Å². The van der Waals surface area contributed by atoms with E-state index < -0.39 is 0 Å². The molecule has 1 aromatic rings. The van der Waals surface area contributed by atoms with Crippen LogP contribution in [-0.2, 0) is 11.2 Å². The smallest absolute Gasteiger partial charge is 0.236 e. The summed E-state index contributed by atoms with van der Waals surface area (Å²) < 4.78 is 0. The quantitative estimate of drug-likeness (QED) is 0.871. The number of thiophene rings is 1. The van der Waals surface area contributed by atoms with Crippen molar-refractivity contribution < 1.29 is 4.79 Å². The summed E-state index contributed by atoms with van der Waals surface area (Å²) in [6.07, 6.45) is 3.38. The molecule has 1 unspecified atom stereocenters. The van der Waals surface area contributed by atoms with E-state index in [1.807, 2.05) is 25.4 Å². The van der Waals surface area contributed by atoms with Gasteiger partial charge >= 0.3 is 0 Å². The lowest BCUT2D eigenvalue weighted by Gasteiger charge is -2.34. The number of likely N-dealkylation sites (tertiary alicyclic amines) is 1. The highest BCUT2D eigenvalue weighted by molar-refractivity contribution is 7.09. The minimum absolute atomic E-state index is 0.201. The largest absolute Gasteiger partial charge is 0.348 e. The predicted molar refractivity (Wildman–Crippen MR) is 88.8 cm³/mol. The van der Waals surface area contributed by atoms with Gasteiger partial charge in [-0.2, -0.15) is 0 Å². The molecule has 0 radical (unpaired) electrons. The van der Waals surface area contributed by atoms with Crippen LogP contribution in [0.25, 0.3) is 0 Å². The number of carbonyl (C=O) groups excluding carboxylic acids is 1. The summed E-state index contributed by atoms with van der Waals surface area (Å²) in [5, 5.41) is 5.88. The predicted octanol–water partition coefficient (Wildman–Crippen LogP) is 1.82. The van der Waals surface area contributed by atoms with Crippen LogP contribution in [0.1, 0.15) is 24.6 Å². The zero-order chi connectivity index (χ0) is 15.2. The van der Waals surface area contributed by atoms with Crippen LogP contribution in [0.5, 0.6) is 0 Å². The number of carbonyl (C=O) groups is 1. The molecule has 4 nitrogen and oxygen atoms in total. The minimum Gasteiger partial charge on any atom is -0.348 e. The Morgan fingerprint density at radius 1 is 1.48 bits per heavy atom. The van der Waals surface area contributed by atoms with Crippen molar-refractivity contribution in [2.24, 2.45) is 0 Å². The van der Waals surface area contributed by atoms with Crippen molar-refractivity contribution in [2.75, 3.05) is 33.7 Å². The van der Waals surface area contributed by atoms with Gasteiger partial charge in [0.15, 0.2) is 0 Å². The first-order valence-electron chi connectivity index (χ1n) is 7.75. The summed E-state index contributed by atoms with van der Waals surface area (Å²) in [5.74, 6) is 0.201. The fourth-order valence-corrected chi connectivity index (χ4v) is 3.62. The molecule has 5 heteroatoms. The zero-order valence-corrected chi connectivity index (χ0v) is 14.2. The Morgan fingerprint density at radius 2 is 2.19 bits per heavy atom. The van der Waals surface area contributed by atoms with Gasteiger partial charge in [-0.15, -0.1) is 11.3 Å². The molecule has 0 aromatic carbocycles. The molecule has 21 heavy (non-hydrogen) atoms. The first kappa shape index (κ1) is 16.5. The molecule has 1 N–H and O–H groups in total. The van der Waals surface area contributed by atoms with Crippen LogP contribution in [-0.4, -0.2) is 61.5 Å². The third-order valence-corrected chi connectivity index (χ3v) is 4.95. The maximum absolute atomic E-state index is 11.7. The van der Waals surface area contributed by atoms with Crippen LogP contribution >= 0.6 is 11.3 Å². The summed E-state index contributed by atoms with van der Waals surface area (Å²) in [6, 6.07) is 5.43. The first-order valence-corrected chi connectivity index (χ1v) is 8.63. The molecular formula is C16H27N3OS. The Morgan fingerprint density at radius 3 is 2.76 bits per heavy atom. The van der Waals surface area contributed by atoms with Crippen molar-refractivity contribution in [1.82, 2.24) is 15.1 Å². The van der Waals surface area contributed by atoms with E-state index in [1.165, 1.54) is 4.88 Å². The van der Waals surface area contributed by atoms with Gasteiger partial charge in [0.05, 0.1) is 6.54 Å². The molecule has 1 saturated heterocycles. The highest BCUT2D eigenvalue weighted by Gasteiger charge is 2.22. The summed E-state index contributed by atoms with van der Waals surface area (Å²) >= 11 is 1.83. The van der Waals surface area contributed by atoms with E-state index in [2.05, 4.69) is 34.7 Å². The van der Waals surface area contributed by atoms with Crippen molar-refractivity contribution in [3.8, 4) is 0 Å². The highest BCUT2D eigenvalue weighted by atomic mass is 32.1. The number of rotatable bonds is 6. The van der Waals surface area contributed by atoms with Crippen molar-refractivity contribution in [2.45, 2.75) is 38.3 Å². The molecule has 0 bridgehead atoms. The molecule has 1 amide bonds. The van der Waals surface area contributed by atoms with E-state index in [1.54, 1.807) is 4.90 Å². The number of hydrogen-bond donors (Lipinski definition) is 1. The monoisotopic (exact) mass is 309 g/mol. The van der Waals surface area contributed by atoms with Crippen molar-refractivity contribution in [3.63, 3.8) is 0 Å². The molecule has 1 atom stereocenters. The number of hydrogen-bond acceptors (Lipinski definition) is 4. The van der Waals surface area contributed by atoms with Gasteiger partial charge in [-0.3, -0.25) is 9.69 Å². The van der Waals surface area contributed by atoms with Gasteiger partial charge in [0.1, 0.15) is 0 Å². The van der Waals surface area contributed by atoms with Crippen LogP contribution in [0.4, 0.5) is 0 Å². The minimum atomic E-state index is 0.201. The molecule has 2 rings (SSSR count). The number of amides is 1. The molecule has 2 heterocycles. The molecule has 1 aliphatic heterocycles. The van der Waals surface area contributed by atoms with E-state index in [-0.39, 0.29) is 5.91 Å². The molecule has 0 saturated carbocycles. The fourth-order valence-electron chi connectivity index (χ4n) is 2.78. The lowest BCUT2D eigenvalue weighted by atomic mass is 10.0. The van der Waals surface area contributed by atoms with E-state index in [0.29, 0.717) is 18.6 Å². The molecule has 0 spiro atoms. The lowest BCUT2D eigenvalue weighted by molar-refractivity contribution is -0.130. The summed E-state index contributed by atoms with van der Waals surface area (Å²) in [7, 11) is 3.64. The van der Waals surface area contributed by atoms with Crippen LogP contribution in [0.15, 0.2) is 17.5 Å². The Hall–Kier alpha value is -0.910. The molecule has 1 aromatic heterocycles. The van der Waals surface area contributed by atoms with Gasteiger partial charge in [-0.05, 0) is 37.6 Å². The van der Waals surface area contributed by atoms with Crippen LogP contribution in [0.3, 0.4) is 0 Å². The summed E-state index contributed by atoms with van der Waals surface area (Å²) in [4.78, 5) is 17.1. The Kier molecular flexibility index (Phi) is 6.21. The third-order valence-electron chi connectivity index (χ3n) is 4.05. The second kappa shape index (κ2) is 7.92. The number of likely N-dealkylation sites (N-methyl/N-ethyl adjacent to an activating group) is 1. The normalized spacial score (nSPS) is 18.6. The van der Waals surface area contributed by atoms with E-state index in [0.717, 1.165) is 32.4 Å². The van der Waals surface area contributed by atoms with Crippen molar-refractivity contribution >= 4 is 17.2 Å². The topological polar surface area (TPSA) is 35.6 Å². The van der Waals surface area contributed by atoms with Gasteiger partial charge in [-0.25, -0.2) is 0 Å². The average Bonchev–Trinajstić information content (AvgIpc) is 2.93. The number of nitrogens with one attached hydrogen (secondary N) is 1. The average molecular weight is 309 g/mol. The van der Waals surface area contributed by atoms with Crippen LogP contribution in [0.2, 0.25) is 0 Å². The second-order valence-corrected chi connectivity index (χ2v) is 7.22. The standard InChI is InChI=1S/C16H27N3OS/c1-13(11-15-5-4-10-21-15)17-14-6-8-19(9-7-14)12-16(20)18(2)3/h4-5,10,13-14,17H,6-9,11-12H2,1-3H3. The molecular weight excluding hydrogens is 282 g/mol. The van der Waals surface area contributed by atoms with Crippen molar-refractivity contribution in [3.05, 3.63) is 22.4 Å². The maximum Gasteiger partial charge on any atom is 0.236 e. The number of nitrogens with zero attached hydrogens (tertiary/aromatic N) is 2. The lowest BCUT2D eigenvalue weighted by Crippen LogP contribution is -2.48. The highest BCUT2D eigenvalue weighted by Crippen LogP contribution is 2.14. The van der Waals surface area contributed by atoms with Crippen LogP contribution < -0.4 is 5.32 Å². The number of piperidine rings is 1. The third kappa shape index (κ3) is 5.41. The van der Waals surface area contributed by atoms with Crippen molar-refractivity contribution in [1.29, 1.82) is 0 Å². The fraction of sp³-hybridized carbons (Fsp3) is 0.688. The maximum atomic E-state index is 11.7. The summed E-state index contributed by atoms with van der Waals surface area (Å²) in [6.45, 7) is 4.86. The van der Waals surface area contributed by atoms with E-state index >= 15 is 0 Å². The van der Waals surface area contributed by atoms with Gasteiger partial charge in [0.2, 0.25) is 5.91 Å². The first-order chi connectivity index (χ1) is 10.0. The molecule has 1 fully saturated rings. The molecule has 118 valence electrons. The van der Waals surface area contributed by atoms with Gasteiger partial charge in [-0.1, -0.05) is 6.07 Å². The summed E-state index contributed by atoms with van der Waals surface area (Å²) in [5.41, 5.74) is 0. The Balaban J connectivity index is 1.68.